The number of benzene rings is 2. The zero-order chi connectivity index (χ0) is 20.5. The number of rotatable bonds is 4. The predicted octanol–water partition coefficient (Wildman–Crippen LogP) is 3.30. The molecule has 0 saturated carbocycles. The van der Waals surface area contributed by atoms with Crippen LogP contribution in [-0.2, 0) is 9.53 Å². The van der Waals surface area contributed by atoms with E-state index in [1.807, 2.05) is 0 Å². The molecule has 0 unspecified atom stereocenters. The molecule has 2 heterocycles. The van der Waals surface area contributed by atoms with Gasteiger partial charge in [0, 0.05) is 21.2 Å². The average Bonchev–Trinajstić information content (AvgIpc) is 3.21. The molecule has 10 heteroatoms. The third kappa shape index (κ3) is 3.37. The van der Waals surface area contributed by atoms with Crippen molar-refractivity contribution in [3.05, 3.63) is 81.0 Å². The third-order valence-electron chi connectivity index (χ3n) is 4.46. The molecule has 146 valence electrons. The van der Waals surface area contributed by atoms with E-state index in [0.29, 0.717) is 21.2 Å². The van der Waals surface area contributed by atoms with Gasteiger partial charge in [-0.05, 0) is 40.8 Å². The summed E-state index contributed by atoms with van der Waals surface area (Å²) in [5.74, 6) is -0.961. The van der Waals surface area contributed by atoms with Gasteiger partial charge in [0.05, 0.1) is 12.7 Å². The Balaban J connectivity index is 1.97. The van der Waals surface area contributed by atoms with E-state index in [1.54, 1.807) is 48.5 Å². The highest BCUT2D eigenvalue weighted by molar-refractivity contribution is 6.31. The summed E-state index contributed by atoms with van der Waals surface area (Å²) in [6, 6.07) is 12.5. The number of ether oxygens (including phenoxy) is 1. The molecule has 1 atom stereocenters. The maximum absolute atomic E-state index is 13.5. The second kappa shape index (κ2) is 7.65. The van der Waals surface area contributed by atoms with Crippen LogP contribution in [0.25, 0.3) is 0 Å². The number of fused-ring (bicyclic) bond motifs is 1. The Labute approximate surface area is 175 Å². The number of anilines is 1. The number of halogens is 2. The van der Waals surface area contributed by atoms with Gasteiger partial charge in [-0.3, -0.25) is 4.79 Å². The van der Waals surface area contributed by atoms with E-state index in [0.717, 1.165) is 0 Å². The number of methoxy groups -OCH3 is 1. The number of Topliss-reactive ketones (excluding diaryl/α,β-unsaturated/α-hetero) is 1. The molecule has 1 aliphatic heterocycles. The van der Waals surface area contributed by atoms with Crippen LogP contribution in [0.5, 0.6) is 0 Å². The fraction of sp³-hybridized carbons (Fsp3) is 0.105. The zero-order valence-corrected chi connectivity index (χ0v) is 16.5. The maximum atomic E-state index is 13.5. The molecule has 1 aromatic heterocycles. The summed E-state index contributed by atoms with van der Waals surface area (Å²) in [6.07, 6.45) is 0. The van der Waals surface area contributed by atoms with Crippen molar-refractivity contribution >= 4 is 40.9 Å². The Morgan fingerprint density at radius 3 is 2.52 bits per heavy atom. The normalized spacial score (nSPS) is 15.5. The lowest BCUT2D eigenvalue weighted by molar-refractivity contribution is -0.136. The summed E-state index contributed by atoms with van der Waals surface area (Å²) in [5.41, 5.74) is 0.941. The fourth-order valence-electron chi connectivity index (χ4n) is 3.13. The minimum Gasteiger partial charge on any atom is -0.464 e. The molecule has 0 saturated heterocycles. The van der Waals surface area contributed by atoms with E-state index in [9.17, 15) is 9.59 Å². The molecule has 8 nitrogen and oxygen atoms in total. The SMILES string of the molecule is COC(=O)C1=C(C(=O)c2ccc(Cl)cc2)[C@H](c2ccccc2Cl)n2nnnc2N1. The largest absolute Gasteiger partial charge is 0.464 e. The highest BCUT2D eigenvalue weighted by Gasteiger charge is 2.39. The molecule has 0 radical (unpaired) electrons. The van der Waals surface area contributed by atoms with Crippen molar-refractivity contribution in [2.75, 3.05) is 12.4 Å². The molecule has 29 heavy (non-hydrogen) atoms. The number of hydrogen-bond donors (Lipinski definition) is 1. The Bertz CT molecular complexity index is 1140. The molecular weight excluding hydrogens is 417 g/mol. The van der Waals surface area contributed by atoms with Crippen LogP contribution in [0, 0.1) is 0 Å². The number of ketones is 1. The molecule has 0 fully saturated rings. The lowest BCUT2D eigenvalue weighted by atomic mass is 9.89. The lowest BCUT2D eigenvalue weighted by Crippen LogP contribution is -2.33. The first kappa shape index (κ1) is 19.1. The first-order chi connectivity index (χ1) is 14.0. The van der Waals surface area contributed by atoms with Crippen LogP contribution in [0.15, 0.2) is 59.8 Å². The van der Waals surface area contributed by atoms with Crippen LogP contribution in [0.4, 0.5) is 5.95 Å². The Hall–Kier alpha value is -3.23. The average molecular weight is 430 g/mol. The van der Waals surface area contributed by atoms with Crippen molar-refractivity contribution in [3.8, 4) is 0 Å². The van der Waals surface area contributed by atoms with Crippen LogP contribution >= 0.6 is 23.2 Å². The van der Waals surface area contributed by atoms with E-state index in [2.05, 4.69) is 20.8 Å². The monoisotopic (exact) mass is 429 g/mol. The van der Waals surface area contributed by atoms with E-state index >= 15 is 0 Å². The summed E-state index contributed by atoms with van der Waals surface area (Å²) in [5, 5.41) is 15.2. The number of carbonyl (C=O) groups is 2. The summed E-state index contributed by atoms with van der Waals surface area (Å²) >= 11 is 12.4. The maximum Gasteiger partial charge on any atom is 0.355 e. The van der Waals surface area contributed by atoms with E-state index in [-0.39, 0.29) is 17.2 Å². The minimum atomic E-state index is -0.841. The molecule has 2 aromatic carbocycles. The van der Waals surface area contributed by atoms with Crippen LogP contribution in [0.1, 0.15) is 22.0 Å². The second-order valence-electron chi connectivity index (χ2n) is 6.11. The quantitative estimate of drug-likeness (QED) is 0.501. The van der Waals surface area contributed by atoms with Crippen LogP contribution in [0.3, 0.4) is 0 Å². The first-order valence-corrected chi connectivity index (χ1v) is 9.19. The van der Waals surface area contributed by atoms with Gasteiger partial charge >= 0.3 is 5.97 Å². The van der Waals surface area contributed by atoms with E-state index < -0.39 is 17.8 Å². The number of carbonyl (C=O) groups excluding carboxylic acids is 2. The van der Waals surface area contributed by atoms with Gasteiger partial charge in [-0.2, -0.15) is 4.68 Å². The summed E-state index contributed by atoms with van der Waals surface area (Å²) in [6.45, 7) is 0. The molecule has 0 amide bonds. The third-order valence-corrected chi connectivity index (χ3v) is 5.05. The molecule has 0 aliphatic carbocycles. The highest BCUT2D eigenvalue weighted by atomic mass is 35.5. The van der Waals surface area contributed by atoms with Crippen LogP contribution in [-0.4, -0.2) is 39.1 Å². The van der Waals surface area contributed by atoms with Crippen LogP contribution in [0.2, 0.25) is 10.0 Å². The Morgan fingerprint density at radius 1 is 1.10 bits per heavy atom. The fourth-order valence-corrected chi connectivity index (χ4v) is 3.49. The van der Waals surface area contributed by atoms with Crippen molar-refractivity contribution in [2.24, 2.45) is 0 Å². The summed E-state index contributed by atoms with van der Waals surface area (Å²) in [4.78, 5) is 26.0. The van der Waals surface area contributed by atoms with E-state index in [1.165, 1.54) is 11.8 Å². The number of nitrogens with zero attached hydrogens (tertiary/aromatic N) is 4. The first-order valence-electron chi connectivity index (χ1n) is 8.43. The lowest BCUT2D eigenvalue weighted by Gasteiger charge is -2.28. The molecule has 1 aliphatic rings. The topological polar surface area (TPSA) is 99.0 Å². The van der Waals surface area contributed by atoms with Gasteiger partial charge < -0.3 is 10.1 Å². The zero-order valence-electron chi connectivity index (χ0n) is 15.0. The summed E-state index contributed by atoms with van der Waals surface area (Å²) in [7, 11) is 1.23. The molecule has 0 spiro atoms. The highest BCUT2D eigenvalue weighted by Crippen LogP contribution is 2.39. The van der Waals surface area contributed by atoms with Crippen molar-refractivity contribution in [1.29, 1.82) is 0 Å². The van der Waals surface area contributed by atoms with Gasteiger partial charge in [0.25, 0.3) is 0 Å². The number of esters is 1. The van der Waals surface area contributed by atoms with Crippen molar-refractivity contribution in [2.45, 2.75) is 6.04 Å². The van der Waals surface area contributed by atoms with Gasteiger partial charge in [0.15, 0.2) is 5.78 Å². The number of hydrogen-bond acceptors (Lipinski definition) is 7. The predicted molar refractivity (Wildman–Crippen MR) is 106 cm³/mol. The van der Waals surface area contributed by atoms with Gasteiger partial charge in [-0.15, -0.1) is 0 Å². The standard InChI is InChI=1S/C19H13Cl2N5O3/c1-29-18(28)15-14(17(27)10-6-8-11(20)9-7-10)16(12-4-2-3-5-13(12)21)26-19(22-15)23-24-25-26/h2-9,16H,1H3,(H,22,23,25)/t16-/m0/s1. The molecule has 3 aromatic rings. The Morgan fingerprint density at radius 2 is 1.83 bits per heavy atom. The number of allylic oxidation sites excluding steroid dienone is 1. The molecule has 1 N–H and O–H groups in total. The van der Waals surface area contributed by atoms with Crippen LogP contribution < -0.4 is 5.32 Å². The van der Waals surface area contributed by atoms with Gasteiger partial charge in [-0.25, -0.2) is 4.79 Å². The van der Waals surface area contributed by atoms with Crippen molar-refractivity contribution in [1.82, 2.24) is 20.2 Å². The summed E-state index contributed by atoms with van der Waals surface area (Å²) < 4.78 is 6.29. The number of tetrazole rings is 1. The number of aromatic nitrogens is 4. The second-order valence-corrected chi connectivity index (χ2v) is 6.96. The van der Waals surface area contributed by atoms with Gasteiger partial charge in [0.1, 0.15) is 11.7 Å². The smallest absolute Gasteiger partial charge is 0.355 e. The van der Waals surface area contributed by atoms with Crippen molar-refractivity contribution in [3.63, 3.8) is 0 Å². The van der Waals surface area contributed by atoms with Gasteiger partial charge in [0.2, 0.25) is 5.95 Å². The van der Waals surface area contributed by atoms with Crippen molar-refractivity contribution < 1.29 is 14.3 Å². The molecular formula is C19H13Cl2N5O3. The number of nitrogens with one attached hydrogen (secondary N) is 1. The minimum absolute atomic E-state index is 0.0559. The molecule has 0 bridgehead atoms. The Kier molecular flexibility index (Phi) is 5.04. The van der Waals surface area contributed by atoms with Gasteiger partial charge in [-0.1, -0.05) is 46.5 Å². The van der Waals surface area contributed by atoms with E-state index in [4.69, 9.17) is 27.9 Å². The molecule has 4 rings (SSSR count).